The topological polar surface area (TPSA) is 84.2 Å². The van der Waals surface area contributed by atoms with E-state index in [1.807, 2.05) is 37.3 Å². The van der Waals surface area contributed by atoms with Gasteiger partial charge in [0.2, 0.25) is 11.8 Å². The highest BCUT2D eigenvalue weighted by atomic mass is 35.5. The summed E-state index contributed by atoms with van der Waals surface area (Å²) >= 11 is 7.28. The number of benzene rings is 2. The van der Waals surface area contributed by atoms with Crippen molar-refractivity contribution in [3.8, 4) is 11.3 Å². The van der Waals surface area contributed by atoms with Gasteiger partial charge in [0.25, 0.3) is 0 Å². The highest BCUT2D eigenvalue weighted by Gasteiger charge is 2.09. The molecule has 0 radical (unpaired) electrons. The molecular formula is C24H20ClN3O3S. The van der Waals surface area contributed by atoms with Gasteiger partial charge in [-0.25, -0.2) is 4.98 Å². The molecule has 2 N–H and O–H groups in total. The van der Waals surface area contributed by atoms with Crippen LogP contribution in [0.25, 0.3) is 27.6 Å². The van der Waals surface area contributed by atoms with Gasteiger partial charge in [0.1, 0.15) is 11.5 Å². The van der Waals surface area contributed by atoms with E-state index in [0.29, 0.717) is 33.8 Å². The van der Waals surface area contributed by atoms with Gasteiger partial charge in [0.05, 0.1) is 10.2 Å². The SMILES string of the molecule is CCCC(=O)Nc1nc2ccc(NC(=O)C=Cc3ccc(-c4ccc(Cl)cc4)o3)cc2s1. The molecule has 0 fully saturated rings. The first-order valence-electron chi connectivity index (χ1n) is 10.1. The van der Waals surface area contributed by atoms with Crippen molar-refractivity contribution in [2.24, 2.45) is 0 Å². The lowest BCUT2D eigenvalue weighted by molar-refractivity contribution is -0.116. The number of rotatable bonds is 7. The molecule has 2 aromatic carbocycles. The molecular weight excluding hydrogens is 446 g/mol. The van der Waals surface area contributed by atoms with E-state index < -0.39 is 0 Å². The zero-order valence-electron chi connectivity index (χ0n) is 17.2. The van der Waals surface area contributed by atoms with E-state index in [2.05, 4.69) is 15.6 Å². The first-order valence-corrected chi connectivity index (χ1v) is 11.2. The minimum absolute atomic E-state index is 0.0534. The Labute approximate surface area is 193 Å². The van der Waals surface area contributed by atoms with E-state index in [1.54, 1.807) is 30.3 Å². The van der Waals surface area contributed by atoms with Crippen LogP contribution in [0.3, 0.4) is 0 Å². The van der Waals surface area contributed by atoms with Crippen LogP contribution in [0.1, 0.15) is 25.5 Å². The molecule has 2 amide bonds. The third-order valence-corrected chi connectivity index (χ3v) is 5.72. The Balaban J connectivity index is 1.39. The molecule has 4 rings (SSSR count). The molecule has 0 saturated heterocycles. The Hall–Kier alpha value is -3.42. The summed E-state index contributed by atoms with van der Waals surface area (Å²) < 4.78 is 6.64. The average Bonchev–Trinajstić information content (AvgIpc) is 3.39. The van der Waals surface area contributed by atoms with Crippen LogP contribution in [-0.2, 0) is 9.59 Å². The molecule has 4 aromatic rings. The fourth-order valence-corrected chi connectivity index (χ4v) is 4.07. The van der Waals surface area contributed by atoms with Crippen LogP contribution in [0.2, 0.25) is 5.02 Å². The predicted molar refractivity (Wildman–Crippen MR) is 130 cm³/mol. The minimum Gasteiger partial charge on any atom is -0.457 e. The molecule has 32 heavy (non-hydrogen) atoms. The molecule has 0 unspecified atom stereocenters. The number of aromatic nitrogens is 1. The second-order valence-corrected chi connectivity index (χ2v) is 8.50. The first kappa shape index (κ1) is 21.8. The molecule has 0 spiro atoms. The van der Waals surface area contributed by atoms with Gasteiger partial charge < -0.3 is 15.1 Å². The lowest BCUT2D eigenvalue weighted by Crippen LogP contribution is -2.09. The lowest BCUT2D eigenvalue weighted by atomic mass is 10.2. The number of hydrogen-bond acceptors (Lipinski definition) is 5. The lowest BCUT2D eigenvalue weighted by Gasteiger charge is -2.01. The highest BCUT2D eigenvalue weighted by Crippen LogP contribution is 2.29. The number of hydrogen-bond donors (Lipinski definition) is 2. The second kappa shape index (κ2) is 9.80. The summed E-state index contributed by atoms with van der Waals surface area (Å²) in [6.07, 6.45) is 4.26. The van der Waals surface area contributed by atoms with Crippen LogP contribution in [0.4, 0.5) is 10.8 Å². The quantitative estimate of drug-likeness (QED) is 0.301. The van der Waals surface area contributed by atoms with Crippen LogP contribution >= 0.6 is 22.9 Å². The average molecular weight is 466 g/mol. The first-order chi connectivity index (χ1) is 15.5. The molecule has 0 aliphatic rings. The van der Waals surface area contributed by atoms with E-state index in [1.165, 1.54) is 17.4 Å². The van der Waals surface area contributed by atoms with Gasteiger partial charge in [0, 0.05) is 28.8 Å². The number of amides is 2. The van der Waals surface area contributed by atoms with Gasteiger partial charge in [-0.3, -0.25) is 9.59 Å². The number of thiazole rings is 1. The van der Waals surface area contributed by atoms with Crippen LogP contribution in [0.15, 0.2) is 65.1 Å². The fraction of sp³-hybridized carbons (Fsp3) is 0.125. The molecule has 8 heteroatoms. The molecule has 2 aromatic heterocycles. The van der Waals surface area contributed by atoms with Gasteiger partial charge in [-0.1, -0.05) is 29.9 Å². The van der Waals surface area contributed by atoms with Gasteiger partial charge in [0.15, 0.2) is 5.13 Å². The summed E-state index contributed by atoms with van der Waals surface area (Å²) in [5.74, 6) is 0.923. The Morgan fingerprint density at radius 2 is 1.91 bits per heavy atom. The summed E-state index contributed by atoms with van der Waals surface area (Å²) in [6.45, 7) is 1.95. The van der Waals surface area contributed by atoms with E-state index >= 15 is 0 Å². The molecule has 162 valence electrons. The van der Waals surface area contributed by atoms with Crippen LogP contribution in [0, 0.1) is 0 Å². The van der Waals surface area contributed by atoms with E-state index in [4.69, 9.17) is 16.0 Å². The fourth-order valence-electron chi connectivity index (χ4n) is 3.02. The number of halogens is 1. The smallest absolute Gasteiger partial charge is 0.248 e. The molecule has 0 bridgehead atoms. The van der Waals surface area contributed by atoms with Crippen molar-refractivity contribution in [1.29, 1.82) is 0 Å². The molecule has 0 aliphatic heterocycles. The monoisotopic (exact) mass is 465 g/mol. The summed E-state index contributed by atoms with van der Waals surface area (Å²) in [6, 6.07) is 16.4. The maximum absolute atomic E-state index is 12.3. The summed E-state index contributed by atoms with van der Waals surface area (Å²) in [5, 5.41) is 6.84. The highest BCUT2D eigenvalue weighted by molar-refractivity contribution is 7.22. The van der Waals surface area contributed by atoms with Gasteiger partial charge in [-0.15, -0.1) is 0 Å². The molecule has 0 aliphatic carbocycles. The van der Waals surface area contributed by atoms with Crippen molar-refractivity contribution < 1.29 is 14.0 Å². The van der Waals surface area contributed by atoms with E-state index in [0.717, 1.165) is 22.2 Å². The third kappa shape index (κ3) is 5.43. The Morgan fingerprint density at radius 1 is 1.09 bits per heavy atom. The number of anilines is 2. The van der Waals surface area contributed by atoms with Crippen molar-refractivity contribution in [2.45, 2.75) is 19.8 Å². The van der Waals surface area contributed by atoms with Crippen molar-refractivity contribution >= 4 is 61.9 Å². The second-order valence-electron chi connectivity index (χ2n) is 7.03. The third-order valence-electron chi connectivity index (χ3n) is 4.53. The van der Waals surface area contributed by atoms with Crippen molar-refractivity contribution in [1.82, 2.24) is 4.98 Å². The number of nitrogens with one attached hydrogen (secondary N) is 2. The van der Waals surface area contributed by atoms with Crippen molar-refractivity contribution in [3.63, 3.8) is 0 Å². The zero-order valence-corrected chi connectivity index (χ0v) is 18.8. The summed E-state index contributed by atoms with van der Waals surface area (Å²) in [7, 11) is 0. The Kier molecular flexibility index (Phi) is 6.68. The van der Waals surface area contributed by atoms with Crippen LogP contribution in [0.5, 0.6) is 0 Å². The predicted octanol–water partition coefficient (Wildman–Crippen LogP) is 6.60. The summed E-state index contributed by atoms with van der Waals surface area (Å²) in [4.78, 5) is 28.5. The van der Waals surface area contributed by atoms with E-state index in [-0.39, 0.29) is 11.8 Å². The molecule has 0 atom stereocenters. The van der Waals surface area contributed by atoms with Gasteiger partial charge in [-0.05, 0) is 67.1 Å². The Bertz CT molecular complexity index is 1290. The number of carbonyl (C=O) groups excluding carboxylic acids is 2. The number of fused-ring (bicyclic) bond motifs is 1. The standard InChI is InChI=1S/C24H20ClN3O3S/c1-2-3-22(29)28-24-27-19-11-8-17(14-21(19)32-24)26-23(30)13-10-18-9-12-20(31-18)15-4-6-16(25)7-5-15/h4-14H,2-3H2,1H3,(H,26,30)(H,27,28,29). The largest absolute Gasteiger partial charge is 0.457 e. The number of furan rings is 1. The maximum Gasteiger partial charge on any atom is 0.248 e. The van der Waals surface area contributed by atoms with Gasteiger partial charge >= 0.3 is 0 Å². The normalized spacial score (nSPS) is 11.2. The number of carbonyl (C=O) groups is 2. The number of nitrogens with zero attached hydrogens (tertiary/aromatic N) is 1. The van der Waals surface area contributed by atoms with Crippen molar-refractivity contribution in [2.75, 3.05) is 10.6 Å². The van der Waals surface area contributed by atoms with E-state index in [9.17, 15) is 9.59 Å². The summed E-state index contributed by atoms with van der Waals surface area (Å²) in [5.41, 5.74) is 2.31. The minimum atomic E-state index is -0.283. The van der Waals surface area contributed by atoms with Crippen LogP contribution in [-0.4, -0.2) is 16.8 Å². The van der Waals surface area contributed by atoms with Gasteiger partial charge in [-0.2, -0.15) is 0 Å². The Morgan fingerprint density at radius 3 is 2.69 bits per heavy atom. The zero-order chi connectivity index (χ0) is 22.5. The molecule has 2 heterocycles. The molecule has 0 saturated carbocycles. The molecule has 6 nitrogen and oxygen atoms in total. The maximum atomic E-state index is 12.3. The van der Waals surface area contributed by atoms with Crippen LogP contribution < -0.4 is 10.6 Å². The van der Waals surface area contributed by atoms with Crippen molar-refractivity contribution in [3.05, 3.63) is 71.5 Å².